The number of aromatic nitrogens is 1. The molecule has 3 heteroatoms. The van der Waals surface area contributed by atoms with Gasteiger partial charge in [0.2, 0.25) is 0 Å². The summed E-state index contributed by atoms with van der Waals surface area (Å²) in [5.41, 5.74) is 8.00. The molecule has 1 saturated carbocycles. The summed E-state index contributed by atoms with van der Waals surface area (Å²) < 4.78 is 0. The third-order valence-corrected chi connectivity index (χ3v) is 4.24. The Hall–Kier alpha value is -1.09. The van der Waals surface area contributed by atoms with Crippen LogP contribution >= 0.6 is 0 Å². The smallest absolute Gasteiger partial charge is 0.131 e. The van der Waals surface area contributed by atoms with Crippen molar-refractivity contribution in [2.24, 2.45) is 11.7 Å². The lowest BCUT2D eigenvalue weighted by molar-refractivity contribution is 0.320. The average molecular weight is 247 g/mol. The highest BCUT2D eigenvalue weighted by atomic mass is 15.2. The van der Waals surface area contributed by atoms with Crippen molar-refractivity contribution in [1.82, 2.24) is 4.98 Å². The highest BCUT2D eigenvalue weighted by Crippen LogP contribution is 2.30. The summed E-state index contributed by atoms with van der Waals surface area (Å²) in [5, 5.41) is 0. The van der Waals surface area contributed by atoms with Crippen molar-refractivity contribution < 1.29 is 0 Å². The predicted molar refractivity (Wildman–Crippen MR) is 76.7 cm³/mol. The molecule has 3 nitrogen and oxygen atoms in total. The average Bonchev–Trinajstić information content (AvgIpc) is 2.38. The van der Waals surface area contributed by atoms with Gasteiger partial charge in [-0.1, -0.05) is 19.8 Å². The van der Waals surface area contributed by atoms with E-state index in [0.29, 0.717) is 12.6 Å². The van der Waals surface area contributed by atoms with E-state index in [2.05, 4.69) is 36.8 Å². The van der Waals surface area contributed by atoms with E-state index in [4.69, 9.17) is 5.73 Å². The van der Waals surface area contributed by atoms with Crippen LogP contribution in [0.1, 0.15) is 43.7 Å². The minimum atomic E-state index is 0.567. The molecule has 2 atom stereocenters. The molecule has 0 radical (unpaired) electrons. The van der Waals surface area contributed by atoms with Gasteiger partial charge in [-0.15, -0.1) is 0 Å². The predicted octanol–water partition coefficient (Wildman–Crippen LogP) is 2.86. The van der Waals surface area contributed by atoms with E-state index in [1.165, 1.54) is 31.2 Å². The molecule has 1 aromatic heterocycles. The van der Waals surface area contributed by atoms with Gasteiger partial charge in [-0.3, -0.25) is 0 Å². The monoisotopic (exact) mass is 247 g/mol. The number of aryl methyl sites for hydroxylation is 1. The number of nitrogens with zero attached hydrogens (tertiary/aromatic N) is 2. The van der Waals surface area contributed by atoms with Crippen LogP contribution in [0.2, 0.25) is 0 Å². The van der Waals surface area contributed by atoms with Gasteiger partial charge in [-0.2, -0.15) is 0 Å². The van der Waals surface area contributed by atoms with Crippen molar-refractivity contribution in [1.29, 1.82) is 0 Å². The van der Waals surface area contributed by atoms with Gasteiger partial charge in [0, 0.05) is 25.8 Å². The number of anilines is 1. The third-order valence-electron chi connectivity index (χ3n) is 4.24. The number of nitrogens with two attached hydrogens (primary N) is 1. The lowest BCUT2D eigenvalue weighted by atomic mass is 9.85. The van der Waals surface area contributed by atoms with Crippen LogP contribution in [0.3, 0.4) is 0 Å². The topological polar surface area (TPSA) is 42.1 Å². The summed E-state index contributed by atoms with van der Waals surface area (Å²) in [7, 11) is 2.18. The molecule has 1 aliphatic rings. The van der Waals surface area contributed by atoms with Gasteiger partial charge in [0.05, 0.1) is 0 Å². The zero-order valence-electron chi connectivity index (χ0n) is 11.8. The molecule has 0 aromatic carbocycles. The second-order valence-electron chi connectivity index (χ2n) is 5.63. The van der Waals surface area contributed by atoms with E-state index >= 15 is 0 Å². The lowest BCUT2D eigenvalue weighted by Gasteiger charge is -2.37. The molecule has 0 aliphatic heterocycles. The fourth-order valence-corrected chi connectivity index (χ4v) is 3.14. The SMILES string of the molecule is Cc1cc(CN)cnc1N(C)C1CCCCC1C. The second kappa shape index (κ2) is 5.70. The van der Waals surface area contributed by atoms with Crippen LogP contribution in [0.25, 0.3) is 0 Å². The fraction of sp³-hybridized carbons (Fsp3) is 0.667. The highest BCUT2D eigenvalue weighted by molar-refractivity contribution is 5.47. The molecule has 2 rings (SSSR count). The summed E-state index contributed by atoms with van der Waals surface area (Å²) in [6.45, 7) is 5.06. The molecule has 100 valence electrons. The normalized spacial score (nSPS) is 24.0. The first-order chi connectivity index (χ1) is 8.63. The van der Waals surface area contributed by atoms with E-state index in [1.54, 1.807) is 0 Å². The number of pyridine rings is 1. The van der Waals surface area contributed by atoms with E-state index < -0.39 is 0 Å². The summed E-state index contributed by atoms with van der Waals surface area (Å²) in [6, 6.07) is 2.79. The van der Waals surface area contributed by atoms with E-state index in [-0.39, 0.29) is 0 Å². The largest absolute Gasteiger partial charge is 0.356 e. The van der Waals surface area contributed by atoms with Gasteiger partial charge < -0.3 is 10.6 Å². The molecule has 1 aromatic rings. The van der Waals surface area contributed by atoms with Gasteiger partial charge in [-0.25, -0.2) is 4.98 Å². The van der Waals surface area contributed by atoms with Crippen molar-refractivity contribution in [3.05, 3.63) is 23.4 Å². The summed E-state index contributed by atoms with van der Waals surface area (Å²) in [4.78, 5) is 6.98. The Bertz CT molecular complexity index is 403. The van der Waals surface area contributed by atoms with Crippen LogP contribution in [-0.4, -0.2) is 18.1 Å². The Morgan fingerprint density at radius 1 is 1.39 bits per heavy atom. The molecule has 1 aliphatic carbocycles. The van der Waals surface area contributed by atoms with Crippen molar-refractivity contribution in [2.45, 2.75) is 52.1 Å². The Kier molecular flexibility index (Phi) is 4.23. The molecule has 2 N–H and O–H groups in total. The van der Waals surface area contributed by atoms with Gasteiger partial charge in [-0.05, 0) is 42.9 Å². The Balaban J connectivity index is 2.19. The summed E-state index contributed by atoms with van der Waals surface area (Å²) in [5.74, 6) is 1.88. The molecule has 0 bridgehead atoms. The van der Waals surface area contributed by atoms with Crippen molar-refractivity contribution >= 4 is 5.82 Å². The molecular formula is C15H25N3. The number of hydrogen-bond acceptors (Lipinski definition) is 3. The third kappa shape index (κ3) is 2.66. The molecule has 2 unspecified atom stereocenters. The standard InChI is InChI=1S/C15H25N3/c1-11-6-4-5-7-14(11)18(3)15-12(2)8-13(9-16)10-17-15/h8,10-11,14H,4-7,9,16H2,1-3H3. The van der Waals surface area contributed by atoms with Crippen molar-refractivity contribution in [3.8, 4) is 0 Å². The Morgan fingerprint density at radius 2 is 2.11 bits per heavy atom. The van der Waals surface area contributed by atoms with Crippen molar-refractivity contribution in [3.63, 3.8) is 0 Å². The fourth-order valence-electron chi connectivity index (χ4n) is 3.14. The van der Waals surface area contributed by atoms with Crippen molar-refractivity contribution in [2.75, 3.05) is 11.9 Å². The first kappa shape index (κ1) is 13.3. The van der Waals surface area contributed by atoms with Gasteiger partial charge in [0.25, 0.3) is 0 Å². The maximum Gasteiger partial charge on any atom is 0.131 e. The van der Waals surface area contributed by atoms with Gasteiger partial charge >= 0.3 is 0 Å². The summed E-state index contributed by atoms with van der Waals surface area (Å²) >= 11 is 0. The van der Waals surface area contributed by atoms with Crippen LogP contribution in [0.15, 0.2) is 12.3 Å². The van der Waals surface area contributed by atoms with E-state index in [9.17, 15) is 0 Å². The quantitative estimate of drug-likeness (QED) is 0.893. The first-order valence-electron chi connectivity index (χ1n) is 7.02. The molecule has 0 amide bonds. The van der Waals surface area contributed by atoms with Crippen LogP contribution in [0.4, 0.5) is 5.82 Å². The Labute approximate surface area is 110 Å². The van der Waals surface area contributed by atoms with Crippen LogP contribution in [0.5, 0.6) is 0 Å². The van der Waals surface area contributed by atoms with E-state index in [0.717, 1.165) is 17.3 Å². The highest BCUT2D eigenvalue weighted by Gasteiger charge is 2.26. The molecular weight excluding hydrogens is 222 g/mol. The molecule has 0 spiro atoms. The van der Waals surface area contributed by atoms with Gasteiger partial charge in [0.15, 0.2) is 0 Å². The molecule has 0 saturated heterocycles. The van der Waals surface area contributed by atoms with Crippen LogP contribution in [-0.2, 0) is 6.54 Å². The maximum atomic E-state index is 5.66. The Morgan fingerprint density at radius 3 is 2.72 bits per heavy atom. The summed E-state index contributed by atoms with van der Waals surface area (Å²) in [6.07, 6.45) is 7.27. The molecule has 1 heterocycles. The van der Waals surface area contributed by atoms with E-state index in [1.807, 2.05) is 6.20 Å². The van der Waals surface area contributed by atoms with Crippen LogP contribution < -0.4 is 10.6 Å². The first-order valence-corrected chi connectivity index (χ1v) is 7.02. The number of hydrogen-bond donors (Lipinski definition) is 1. The molecule has 18 heavy (non-hydrogen) atoms. The minimum Gasteiger partial charge on any atom is -0.356 e. The zero-order valence-corrected chi connectivity index (χ0v) is 11.8. The number of rotatable bonds is 3. The molecule has 1 fully saturated rings. The zero-order chi connectivity index (χ0) is 13.1. The lowest BCUT2D eigenvalue weighted by Crippen LogP contribution is -2.39. The maximum absolute atomic E-state index is 5.66. The van der Waals surface area contributed by atoms with Gasteiger partial charge in [0.1, 0.15) is 5.82 Å². The minimum absolute atomic E-state index is 0.567. The van der Waals surface area contributed by atoms with Crippen LogP contribution in [0, 0.1) is 12.8 Å². The second-order valence-corrected chi connectivity index (χ2v) is 5.63.